The van der Waals surface area contributed by atoms with E-state index in [1.54, 1.807) is 0 Å². The highest BCUT2D eigenvalue weighted by atomic mass is 16.4. The lowest BCUT2D eigenvalue weighted by atomic mass is 10.0. The number of hydrogen-bond acceptors (Lipinski definition) is 3. The van der Waals surface area contributed by atoms with Gasteiger partial charge in [-0.25, -0.2) is 0 Å². The summed E-state index contributed by atoms with van der Waals surface area (Å²) in [5, 5.41) is 14.6. The molecule has 0 radical (unpaired) electrons. The molecule has 1 atom stereocenters. The van der Waals surface area contributed by atoms with Crippen LogP contribution >= 0.6 is 0 Å². The van der Waals surface area contributed by atoms with Crippen molar-refractivity contribution in [2.24, 2.45) is 5.41 Å². The summed E-state index contributed by atoms with van der Waals surface area (Å²) in [7, 11) is 0. The van der Waals surface area contributed by atoms with Gasteiger partial charge in [0, 0.05) is 13.5 Å². The summed E-state index contributed by atoms with van der Waals surface area (Å²) >= 11 is 0. The largest absolute Gasteiger partial charge is 0.481 e. The van der Waals surface area contributed by atoms with E-state index in [-0.39, 0.29) is 24.8 Å². The van der Waals surface area contributed by atoms with Gasteiger partial charge in [0.25, 0.3) is 0 Å². The third-order valence-corrected chi connectivity index (χ3v) is 4.18. The molecule has 1 aliphatic rings. The van der Waals surface area contributed by atoms with Gasteiger partial charge < -0.3 is 15.7 Å². The number of nitrogens with one attached hydrogen (secondary N) is 2. The molecule has 0 bridgehead atoms. The Morgan fingerprint density at radius 2 is 1.83 bits per heavy atom. The lowest BCUT2D eigenvalue weighted by Gasteiger charge is -2.19. The minimum Gasteiger partial charge on any atom is -0.481 e. The van der Waals surface area contributed by atoms with Crippen LogP contribution in [0, 0.1) is 12.3 Å². The Kier molecular flexibility index (Phi) is 5.03. The number of aliphatic carboxylic acids is 1. The Hall–Kier alpha value is -2.37. The molecule has 0 aromatic heterocycles. The average molecular weight is 318 g/mol. The molecule has 0 heterocycles. The van der Waals surface area contributed by atoms with Gasteiger partial charge in [0.05, 0.1) is 17.9 Å². The van der Waals surface area contributed by atoms with Crippen LogP contribution in [-0.4, -0.2) is 29.4 Å². The van der Waals surface area contributed by atoms with Crippen LogP contribution in [0.5, 0.6) is 0 Å². The first-order chi connectivity index (χ1) is 10.8. The molecule has 0 saturated heterocycles. The lowest BCUT2D eigenvalue weighted by Crippen LogP contribution is -2.37. The molecule has 124 valence electrons. The number of carboxylic acids is 1. The van der Waals surface area contributed by atoms with Crippen LogP contribution in [0.4, 0.5) is 0 Å². The number of amides is 2. The Balaban J connectivity index is 1.97. The zero-order valence-electron chi connectivity index (χ0n) is 13.4. The van der Waals surface area contributed by atoms with Gasteiger partial charge in [-0.1, -0.05) is 29.8 Å². The van der Waals surface area contributed by atoms with Crippen molar-refractivity contribution < 1.29 is 19.5 Å². The van der Waals surface area contributed by atoms with Gasteiger partial charge in [0.15, 0.2) is 0 Å². The maximum Gasteiger partial charge on any atom is 0.311 e. The number of hydrogen-bond donors (Lipinski definition) is 3. The number of benzene rings is 1. The first kappa shape index (κ1) is 17.0. The fourth-order valence-corrected chi connectivity index (χ4v) is 2.44. The van der Waals surface area contributed by atoms with Gasteiger partial charge in [-0.05, 0) is 25.3 Å². The molecule has 1 aliphatic carbocycles. The van der Waals surface area contributed by atoms with E-state index in [1.165, 1.54) is 6.92 Å². The van der Waals surface area contributed by atoms with Gasteiger partial charge in [0.2, 0.25) is 11.8 Å². The van der Waals surface area contributed by atoms with Crippen molar-refractivity contribution in [3.8, 4) is 0 Å². The van der Waals surface area contributed by atoms with E-state index in [2.05, 4.69) is 10.6 Å². The van der Waals surface area contributed by atoms with Crippen LogP contribution in [0.2, 0.25) is 0 Å². The van der Waals surface area contributed by atoms with E-state index in [0.29, 0.717) is 12.8 Å². The molecule has 1 unspecified atom stereocenters. The number of rotatable bonds is 7. The van der Waals surface area contributed by atoms with Gasteiger partial charge in [-0.3, -0.25) is 14.4 Å². The summed E-state index contributed by atoms with van der Waals surface area (Å²) in [6.45, 7) is 3.51. The van der Waals surface area contributed by atoms with Gasteiger partial charge in [0.1, 0.15) is 0 Å². The zero-order chi connectivity index (χ0) is 17.0. The van der Waals surface area contributed by atoms with E-state index in [0.717, 1.165) is 11.1 Å². The number of carbonyl (C=O) groups is 3. The quantitative estimate of drug-likeness (QED) is 0.710. The Morgan fingerprint density at radius 3 is 2.30 bits per heavy atom. The summed E-state index contributed by atoms with van der Waals surface area (Å²) in [5.41, 5.74) is 1.15. The van der Waals surface area contributed by atoms with E-state index in [1.807, 2.05) is 31.2 Å². The van der Waals surface area contributed by atoms with E-state index in [9.17, 15) is 14.4 Å². The highest BCUT2D eigenvalue weighted by Crippen LogP contribution is 2.45. The van der Waals surface area contributed by atoms with Crippen LogP contribution in [0.25, 0.3) is 0 Å². The predicted octanol–water partition coefficient (Wildman–Crippen LogP) is 1.54. The maximum absolute atomic E-state index is 12.1. The summed E-state index contributed by atoms with van der Waals surface area (Å²) in [5.74, 6) is -1.35. The first-order valence-electron chi connectivity index (χ1n) is 7.66. The second kappa shape index (κ2) is 6.81. The van der Waals surface area contributed by atoms with Crippen molar-refractivity contribution in [3.05, 3.63) is 35.4 Å². The summed E-state index contributed by atoms with van der Waals surface area (Å²) in [6.07, 6.45) is 1.27. The zero-order valence-corrected chi connectivity index (χ0v) is 13.4. The number of aryl methyl sites for hydroxylation is 1. The van der Waals surface area contributed by atoms with Crippen molar-refractivity contribution >= 4 is 17.8 Å². The van der Waals surface area contributed by atoms with E-state index < -0.39 is 17.4 Å². The van der Waals surface area contributed by atoms with Crippen LogP contribution in [0.3, 0.4) is 0 Å². The lowest BCUT2D eigenvalue weighted by molar-refractivity contribution is -0.143. The molecule has 1 saturated carbocycles. The smallest absolute Gasteiger partial charge is 0.311 e. The SMILES string of the molecule is CC(=O)NC(CC(=O)NCC1(C(=O)O)CC1)c1ccc(C)cc1. The minimum atomic E-state index is -0.866. The van der Waals surface area contributed by atoms with Crippen molar-refractivity contribution in [2.45, 2.75) is 39.2 Å². The minimum absolute atomic E-state index is 0.0817. The molecular weight excluding hydrogens is 296 g/mol. The number of carbonyl (C=O) groups excluding carboxylic acids is 2. The monoisotopic (exact) mass is 318 g/mol. The Labute approximate surface area is 135 Å². The second-order valence-electron chi connectivity index (χ2n) is 6.23. The average Bonchev–Trinajstić information content (AvgIpc) is 3.26. The molecule has 1 aromatic carbocycles. The molecule has 3 N–H and O–H groups in total. The summed E-state index contributed by atoms with van der Waals surface area (Å²) in [4.78, 5) is 34.6. The topological polar surface area (TPSA) is 95.5 Å². The molecule has 1 aromatic rings. The second-order valence-corrected chi connectivity index (χ2v) is 6.23. The third kappa shape index (κ3) is 4.55. The van der Waals surface area contributed by atoms with Crippen LogP contribution < -0.4 is 10.6 Å². The van der Waals surface area contributed by atoms with Gasteiger partial charge in [-0.2, -0.15) is 0 Å². The molecule has 1 fully saturated rings. The first-order valence-corrected chi connectivity index (χ1v) is 7.66. The standard InChI is InChI=1S/C17H22N2O4/c1-11-3-5-13(6-4-11)14(19-12(2)20)9-15(21)18-10-17(7-8-17)16(22)23/h3-6,14H,7-10H2,1-2H3,(H,18,21)(H,19,20)(H,22,23). The van der Waals surface area contributed by atoms with Crippen molar-refractivity contribution in [1.82, 2.24) is 10.6 Å². The Morgan fingerprint density at radius 1 is 1.22 bits per heavy atom. The van der Waals surface area contributed by atoms with Crippen LogP contribution in [-0.2, 0) is 14.4 Å². The van der Waals surface area contributed by atoms with Crippen molar-refractivity contribution in [2.75, 3.05) is 6.54 Å². The molecule has 23 heavy (non-hydrogen) atoms. The maximum atomic E-state index is 12.1. The Bertz CT molecular complexity index is 606. The molecule has 2 rings (SSSR count). The number of carboxylic acid groups (broad SMARTS) is 1. The molecule has 2 amide bonds. The van der Waals surface area contributed by atoms with Gasteiger partial charge in [-0.15, -0.1) is 0 Å². The normalized spacial score (nSPS) is 16.3. The predicted molar refractivity (Wildman–Crippen MR) is 84.7 cm³/mol. The summed E-state index contributed by atoms with van der Waals surface area (Å²) < 4.78 is 0. The van der Waals surface area contributed by atoms with Gasteiger partial charge >= 0.3 is 5.97 Å². The van der Waals surface area contributed by atoms with E-state index >= 15 is 0 Å². The molecule has 6 nitrogen and oxygen atoms in total. The third-order valence-electron chi connectivity index (χ3n) is 4.18. The summed E-state index contributed by atoms with van der Waals surface area (Å²) in [6, 6.07) is 7.18. The van der Waals surface area contributed by atoms with Crippen LogP contribution in [0.1, 0.15) is 43.4 Å². The fourth-order valence-electron chi connectivity index (χ4n) is 2.44. The highest BCUT2D eigenvalue weighted by molar-refractivity contribution is 5.82. The molecule has 0 aliphatic heterocycles. The molecule has 0 spiro atoms. The van der Waals surface area contributed by atoms with Crippen LogP contribution in [0.15, 0.2) is 24.3 Å². The van der Waals surface area contributed by atoms with E-state index in [4.69, 9.17) is 5.11 Å². The highest BCUT2D eigenvalue weighted by Gasteiger charge is 2.50. The van der Waals surface area contributed by atoms with Crippen molar-refractivity contribution in [1.29, 1.82) is 0 Å². The fraction of sp³-hybridized carbons (Fsp3) is 0.471. The van der Waals surface area contributed by atoms with Crippen molar-refractivity contribution in [3.63, 3.8) is 0 Å². The molecular formula is C17H22N2O4. The molecule has 6 heteroatoms.